The number of aliphatic hydroxyl groups is 2. The van der Waals surface area contributed by atoms with E-state index >= 15 is 0 Å². The Labute approximate surface area is 136 Å². The summed E-state index contributed by atoms with van der Waals surface area (Å²) in [4.78, 5) is 0. The Morgan fingerprint density at radius 1 is 0.783 bits per heavy atom. The molecule has 0 spiro atoms. The molecule has 0 amide bonds. The molecule has 2 rings (SSSR count). The van der Waals surface area contributed by atoms with Crippen LogP contribution in [-0.2, 0) is 18.3 Å². The lowest BCUT2D eigenvalue weighted by molar-refractivity contribution is 0.290. The predicted molar refractivity (Wildman–Crippen MR) is 89.9 cm³/mol. The SMILES string of the molecule is CC(C)(c1ccc(O)cc1)c1ccc(O)c(CCO)c1CCO. The monoisotopic (exact) mass is 316 g/mol. The van der Waals surface area contributed by atoms with Crippen LogP contribution in [0.2, 0.25) is 0 Å². The largest absolute Gasteiger partial charge is 0.508 e. The van der Waals surface area contributed by atoms with Crippen LogP contribution in [0.5, 0.6) is 11.5 Å². The number of rotatable bonds is 6. The zero-order valence-corrected chi connectivity index (χ0v) is 13.6. The molecule has 0 unspecified atom stereocenters. The fourth-order valence-corrected chi connectivity index (χ4v) is 3.09. The minimum atomic E-state index is -0.365. The van der Waals surface area contributed by atoms with Crippen LogP contribution in [0, 0.1) is 0 Å². The minimum Gasteiger partial charge on any atom is -0.508 e. The van der Waals surface area contributed by atoms with Crippen molar-refractivity contribution in [2.45, 2.75) is 32.1 Å². The summed E-state index contributed by atoms with van der Waals surface area (Å²) in [6, 6.07) is 10.6. The van der Waals surface area contributed by atoms with E-state index in [0.717, 1.165) is 16.7 Å². The van der Waals surface area contributed by atoms with Gasteiger partial charge in [0.1, 0.15) is 11.5 Å². The summed E-state index contributed by atoms with van der Waals surface area (Å²) in [5, 5.41) is 38.3. The maximum Gasteiger partial charge on any atom is 0.119 e. The molecule has 0 aromatic heterocycles. The average molecular weight is 316 g/mol. The Morgan fingerprint density at radius 3 is 1.91 bits per heavy atom. The zero-order chi connectivity index (χ0) is 17.0. The van der Waals surface area contributed by atoms with Crippen LogP contribution in [0.1, 0.15) is 36.1 Å². The van der Waals surface area contributed by atoms with Gasteiger partial charge in [0.15, 0.2) is 0 Å². The zero-order valence-electron chi connectivity index (χ0n) is 13.6. The highest BCUT2D eigenvalue weighted by Gasteiger charge is 2.27. The normalized spacial score (nSPS) is 11.7. The van der Waals surface area contributed by atoms with Crippen molar-refractivity contribution in [3.8, 4) is 11.5 Å². The Morgan fingerprint density at radius 2 is 1.35 bits per heavy atom. The lowest BCUT2D eigenvalue weighted by atomic mass is 9.74. The molecule has 4 nitrogen and oxygen atoms in total. The van der Waals surface area contributed by atoms with Crippen LogP contribution in [0.15, 0.2) is 36.4 Å². The second-order valence-electron chi connectivity index (χ2n) is 6.21. The summed E-state index contributed by atoms with van der Waals surface area (Å²) in [7, 11) is 0. The molecule has 124 valence electrons. The topological polar surface area (TPSA) is 80.9 Å². The third-order valence-electron chi connectivity index (χ3n) is 4.39. The predicted octanol–water partition coefficient (Wildman–Crippen LogP) is 2.49. The van der Waals surface area contributed by atoms with Crippen LogP contribution in [0.25, 0.3) is 0 Å². The summed E-state index contributed by atoms with van der Waals surface area (Å²) in [6.45, 7) is 4.04. The number of phenolic OH excluding ortho intramolecular Hbond substituents is 2. The number of hydrogen-bond acceptors (Lipinski definition) is 4. The van der Waals surface area contributed by atoms with Crippen molar-refractivity contribution in [3.05, 3.63) is 58.7 Å². The summed E-state index contributed by atoms with van der Waals surface area (Å²) in [5.74, 6) is 0.361. The van der Waals surface area contributed by atoms with Crippen LogP contribution < -0.4 is 0 Å². The standard InChI is InChI=1S/C19H24O4/c1-19(2,13-3-5-14(22)6-4-13)17-7-8-18(23)16(10-12-21)15(17)9-11-20/h3-8,20-23H,9-12H2,1-2H3. The molecule has 0 radical (unpaired) electrons. The molecule has 23 heavy (non-hydrogen) atoms. The first-order valence-electron chi connectivity index (χ1n) is 7.77. The minimum absolute atomic E-state index is 0.0272. The molecule has 0 aliphatic heterocycles. The van der Waals surface area contributed by atoms with Gasteiger partial charge in [-0.25, -0.2) is 0 Å². The second kappa shape index (κ2) is 7.02. The van der Waals surface area contributed by atoms with Crippen molar-refractivity contribution in [1.29, 1.82) is 0 Å². The van der Waals surface area contributed by atoms with E-state index in [9.17, 15) is 20.4 Å². The van der Waals surface area contributed by atoms with Crippen molar-refractivity contribution in [1.82, 2.24) is 0 Å². The first-order chi connectivity index (χ1) is 10.9. The second-order valence-corrected chi connectivity index (χ2v) is 6.21. The van der Waals surface area contributed by atoms with E-state index < -0.39 is 0 Å². The van der Waals surface area contributed by atoms with E-state index in [1.807, 2.05) is 18.2 Å². The summed E-state index contributed by atoms with van der Waals surface area (Å²) < 4.78 is 0. The average Bonchev–Trinajstić information content (AvgIpc) is 2.51. The first-order valence-corrected chi connectivity index (χ1v) is 7.77. The fraction of sp³-hybridized carbons (Fsp3) is 0.368. The van der Waals surface area contributed by atoms with Crippen molar-refractivity contribution in [3.63, 3.8) is 0 Å². The van der Waals surface area contributed by atoms with Gasteiger partial charge in [-0.1, -0.05) is 32.0 Å². The molecule has 0 fully saturated rings. The molecule has 2 aromatic rings. The highest BCUT2D eigenvalue weighted by atomic mass is 16.3. The van der Waals surface area contributed by atoms with E-state index in [1.165, 1.54) is 0 Å². The van der Waals surface area contributed by atoms with E-state index in [2.05, 4.69) is 13.8 Å². The van der Waals surface area contributed by atoms with Crippen LogP contribution >= 0.6 is 0 Å². The Balaban J connectivity index is 2.60. The van der Waals surface area contributed by atoms with Gasteiger partial charge in [-0.3, -0.25) is 0 Å². The van der Waals surface area contributed by atoms with Crippen LogP contribution in [-0.4, -0.2) is 33.6 Å². The summed E-state index contributed by atoms with van der Waals surface area (Å²) in [6.07, 6.45) is 0.765. The van der Waals surface area contributed by atoms with Gasteiger partial charge >= 0.3 is 0 Å². The molecule has 0 atom stereocenters. The number of phenols is 2. The maximum atomic E-state index is 10.1. The molecule has 2 aromatic carbocycles. The number of hydrogen-bond donors (Lipinski definition) is 4. The first kappa shape index (κ1) is 17.3. The van der Waals surface area contributed by atoms with Gasteiger partial charge in [0.25, 0.3) is 0 Å². The van der Waals surface area contributed by atoms with Gasteiger partial charge in [-0.15, -0.1) is 0 Å². The summed E-state index contributed by atoms with van der Waals surface area (Å²) in [5.41, 5.74) is 3.22. The smallest absolute Gasteiger partial charge is 0.119 e. The van der Waals surface area contributed by atoms with Gasteiger partial charge < -0.3 is 20.4 Å². The van der Waals surface area contributed by atoms with Gasteiger partial charge in [0.2, 0.25) is 0 Å². The quantitative estimate of drug-likeness (QED) is 0.660. The molecule has 0 saturated heterocycles. The van der Waals surface area contributed by atoms with Gasteiger partial charge in [0, 0.05) is 18.6 Å². The molecule has 0 aliphatic carbocycles. The summed E-state index contributed by atoms with van der Waals surface area (Å²) >= 11 is 0. The highest BCUT2D eigenvalue weighted by Crippen LogP contribution is 2.38. The van der Waals surface area contributed by atoms with Crippen LogP contribution in [0.4, 0.5) is 0 Å². The molecule has 4 heteroatoms. The molecule has 0 saturated carbocycles. The molecular formula is C19H24O4. The molecular weight excluding hydrogens is 292 g/mol. The van der Waals surface area contributed by atoms with Gasteiger partial charge in [-0.2, -0.15) is 0 Å². The molecule has 0 aliphatic rings. The maximum absolute atomic E-state index is 10.1. The number of benzene rings is 2. The van der Waals surface area contributed by atoms with Gasteiger partial charge in [0.05, 0.1) is 0 Å². The highest BCUT2D eigenvalue weighted by molar-refractivity contribution is 5.51. The van der Waals surface area contributed by atoms with E-state index in [-0.39, 0.29) is 30.1 Å². The van der Waals surface area contributed by atoms with Crippen molar-refractivity contribution >= 4 is 0 Å². The Hall–Kier alpha value is -2.04. The van der Waals surface area contributed by atoms with Crippen molar-refractivity contribution in [2.24, 2.45) is 0 Å². The van der Waals surface area contributed by atoms with Crippen LogP contribution in [0.3, 0.4) is 0 Å². The Bertz CT molecular complexity index is 660. The van der Waals surface area contributed by atoms with E-state index in [4.69, 9.17) is 0 Å². The Kier molecular flexibility index (Phi) is 5.29. The third kappa shape index (κ3) is 3.49. The van der Waals surface area contributed by atoms with Crippen molar-refractivity contribution < 1.29 is 20.4 Å². The van der Waals surface area contributed by atoms with E-state index in [1.54, 1.807) is 18.2 Å². The lowest BCUT2D eigenvalue weighted by Gasteiger charge is -2.30. The van der Waals surface area contributed by atoms with E-state index in [0.29, 0.717) is 18.4 Å². The number of aromatic hydroxyl groups is 2. The fourth-order valence-electron chi connectivity index (χ4n) is 3.09. The molecule has 0 bridgehead atoms. The molecule has 0 heterocycles. The molecule has 4 N–H and O–H groups in total. The number of aliphatic hydroxyl groups excluding tert-OH is 2. The lowest BCUT2D eigenvalue weighted by Crippen LogP contribution is -2.22. The third-order valence-corrected chi connectivity index (χ3v) is 4.39. The van der Waals surface area contributed by atoms with Crippen molar-refractivity contribution in [2.75, 3.05) is 13.2 Å². The van der Waals surface area contributed by atoms with Gasteiger partial charge in [-0.05, 0) is 53.3 Å².